The first-order chi connectivity index (χ1) is 8.20. The minimum atomic E-state index is -0.107. The van der Waals surface area contributed by atoms with Crippen LogP contribution in [0.4, 0.5) is 10.9 Å². The molecule has 0 spiro atoms. The van der Waals surface area contributed by atoms with Gasteiger partial charge in [0.2, 0.25) is 0 Å². The van der Waals surface area contributed by atoms with Crippen molar-refractivity contribution in [1.29, 1.82) is 0 Å². The number of nitrogen functional groups attached to an aromatic ring is 1. The number of carbonyl (C=O) groups is 1. The van der Waals surface area contributed by atoms with E-state index in [9.17, 15) is 4.79 Å². The minimum absolute atomic E-state index is 0.107. The number of thiazole rings is 1. The number of nitrogens with zero attached hydrogens (tertiary/aromatic N) is 1. The standard InChI is InChI=1S/C11H18N4OS/c1-2-13-11-15-9(12)8(17-11)10(16)14-6-5-7-3-4-7/h7H,2-6,12H2,1H3,(H,13,15)(H,14,16). The Balaban J connectivity index is 1.87. The van der Waals surface area contributed by atoms with Gasteiger partial charge in [0.05, 0.1) is 0 Å². The highest BCUT2D eigenvalue weighted by Crippen LogP contribution is 2.31. The number of anilines is 2. The Morgan fingerprint density at radius 3 is 3.00 bits per heavy atom. The molecule has 1 heterocycles. The molecule has 1 amide bonds. The van der Waals surface area contributed by atoms with Gasteiger partial charge in [0.25, 0.3) is 5.91 Å². The van der Waals surface area contributed by atoms with Gasteiger partial charge in [0, 0.05) is 13.1 Å². The zero-order valence-corrected chi connectivity index (χ0v) is 10.8. The number of aromatic nitrogens is 1. The maximum Gasteiger partial charge on any atom is 0.265 e. The van der Waals surface area contributed by atoms with E-state index in [4.69, 9.17) is 5.73 Å². The number of rotatable bonds is 6. The summed E-state index contributed by atoms with van der Waals surface area (Å²) in [7, 11) is 0. The molecule has 0 atom stereocenters. The summed E-state index contributed by atoms with van der Waals surface area (Å²) >= 11 is 1.31. The summed E-state index contributed by atoms with van der Waals surface area (Å²) in [5, 5.41) is 6.65. The first-order valence-electron chi connectivity index (χ1n) is 5.99. The molecular weight excluding hydrogens is 236 g/mol. The minimum Gasteiger partial charge on any atom is -0.382 e. The fourth-order valence-corrected chi connectivity index (χ4v) is 2.47. The van der Waals surface area contributed by atoms with Gasteiger partial charge in [0.1, 0.15) is 10.7 Å². The van der Waals surface area contributed by atoms with E-state index < -0.39 is 0 Å². The molecule has 94 valence electrons. The topological polar surface area (TPSA) is 80.0 Å². The molecule has 1 aliphatic carbocycles. The predicted octanol–water partition coefficient (Wildman–Crippen LogP) is 1.69. The van der Waals surface area contributed by atoms with Gasteiger partial charge >= 0.3 is 0 Å². The van der Waals surface area contributed by atoms with E-state index in [1.165, 1.54) is 24.2 Å². The van der Waals surface area contributed by atoms with E-state index in [1.54, 1.807) is 0 Å². The Morgan fingerprint density at radius 1 is 1.59 bits per heavy atom. The zero-order chi connectivity index (χ0) is 12.3. The van der Waals surface area contributed by atoms with Crippen LogP contribution >= 0.6 is 11.3 Å². The lowest BCUT2D eigenvalue weighted by atomic mass is 10.3. The van der Waals surface area contributed by atoms with E-state index in [2.05, 4.69) is 15.6 Å². The lowest BCUT2D eigenvalue weighted by molar-refractivity contribution is 0.0957. The second-order valence-corrected chi connectivity index (χ2v) is 5.25. The molecule has 0 radical (unpaired) electrons. The Morgan fingerprint density at radius 2 is 2.35 bits per heavy atom. The highest BCUT2D eigenvalue weighted by atomic mass is 32.1. The van der Waals surface area contributed by atoms with Crippen molar-refractivity contribution in [3.63, 3.8) is 0 Å². The summed E-state index contributed by atoms with van der Waals surface area (Å²) in [6.07, 6.45) is 3.69. The van der Waals surface area contributed by atoms with Gasteiger partial charge < -0.3 is 16.4 Å². The van der Waals surface area contributed by atoms with Crippen LogP contribution in [0.2, 0.25) is 0 Å². The molecule has 1 aliphatic rings. The van der Waals surface area contributed by atoms with Crippen LogP contribution in [-0.4, -0.2) is 24.0 Å². The summed E-state index contributed by atoms with van der Waals surface area (Å²) in [5.41, 5.74) is 5.71. The van der Waals surface area contributed by atoms with Gasteiger partial charge in [-0.05, 0) is 19.3 Å². The average Bonchev–Trinajstić information content (AvgIpc) is 3.03. The average molecular weight is 254 g/mol. The molecule has 17 heavy (non-hydrogen) atoms. The summed E-state index contributed by atoms with van der Waals surface area (Å²) < 4.78 is 0. The molecule has 4 N–H and O–H groups in total. The quantitative estimate of drug-likeness (QED) is 0.721. The van der Waals surface area contributed by atoms with Crippen molar-refractivity contribution in [1.82, 2.24) is 10.3 Å². The summed E-state index contributed by atoms with van der Waals surface area (Å²) in [6.45, 7) is 3.49. The third-order valence-electron chi connectivity index (χ3n) is 2.72. The Kier molecular flexibility index (Phi) is 3.83. The van der Waals surface area contributed by atoms with Crippen LogP contribution in [0.15, 0.2) is 0 Å². The molecule has 0 bridgehead atoms. The van der Waals surface area contributed by atoms with Gasteiger partial charge in [-0.1, -0.05) is 24.2 Å². The molecule has 1 aromatic rings. The van der Waals surface area contributed by atoms with Crippen LogP contribution in [0.25, 0.3) is 0 Å². The van der Waals surface area contributed by atoms with Crippen LogP contribution in [0.3, 0.4) is 0 Å². The molecule has 1 aromatic heterocycles. The van der Waals surface area contributed by atoms with Crippen molar-refractivity contribution in [3.8, 4) is 0 Å². The van der Waals surface area contributed by atoms with E-state index in [0.717, 1.165) is 25.4 Å². The number of hydrogen-bond acceptors (Lipinski definition) is 5. The molecule has 0 aliphatic heterocycles. The number of nitrogens with one attached hydrogen (secondary N) is 2. The van der Waals surface area contributed by atoms with Crippen molar-refractivity contribution in [2.24, 2.45) is 5.92 Å². The van der Waals surface area contributed by atoms with E-state index in [0.29, 0.717) is 15.8 Å². The van der Waals surface area contributed by atoms with Crippen LogP contribution in [0.1, 0.15) is 35.9 Å². The largest absolute Gasteiger partial charge is 0.382 e. The molecule has 6 heteroatoms. The summed E-state index contributed by atoms with van der Waals surface area (Å²) in [4.78, 5) is 16.4. The van der Waals surface area contributed by atoms with Gasteiger partial charge in [0.15, 0.2) is 5.13 Å². The maximum absolute atomic E-state index is 11.8. The second kappa shape index (κ2) is 5.35. The number of nitrogens with two attached hydrogens (primary N) is 1. The van der Waals surface area contributed by atoms with Crippen LogP contribution in [-0.2, 0) is 0 Å². The third-order valence-corrected chi connectivity index (χ3v) is 3.75. The smallest absolute Gasteiger partial charge is 0.265 e. The van der Waals surface area contributed by atoms with Gasteiger partial charge in [-0.2, -0.15) is 0 Å². The van der Waals surface area contributed by atoms with Gasteiger partial charge in [-0.25, -0.2) is 4.98 Å². The van der Waals surface area contributed by atoms with Crippen LogP contribution in [0, 0.1) is 5.92 Å². The maximum atomic E-state index is 11.8. The predicted molar refractivity (Wildman–Crippen MR) is 70.4 cm³/mol. The Labute approximate surface area is 105 Å². The fourth-order valence-electron chi connectivity index (χ4n) is 1.60. The summed E-state index contributed by atoms with van der Waals surface area (Å²) in [6, 6.07) is 0. The van der Waals surface area contributed by atoms with Crippen molar-refractivity contribution in [2.75, 3.05) is 24.1 Å². The molecule has 5 nitrogen and oxygen atoms in total. The number of hydrogen-bond donors (Lipinski definition) is 3. The van der Waals surface area contributed by atoms with E-state index in [-0.39, 0.29) is 5.91 Å². The Hall–Kier alpha value is -1.30. The molecule has 1 fully saturated rings. The van der Waals surface area contributed by atoms with Gasteiger partial charge in [-0.15, -0.1) is 0 Å². The second-order valence-electron chi connectivity index (χ2n) is 4.25. The lowest BCUT2D eigenvalue weighted by Gasteiger charge is -2.02. The molecule has 0 unspecified atom stereocenters. The molecule has 2 rings (SSSR count). The monoisotopic (exact) mass is 254 g/mol. The normalized spacial score (nSPS) is 14.6. The van der Waals surface area contributed by atoms with Crippen molar-refractivity contribution >= 4 is 28.2 Å². The van der Waals surface area contributed by atoms with Crippen LogP contribution in [0.5, 0.6) is 0 Å². The molecular formula is C11H18N4OS. The molecule has 0 aromatic carbocycles. The number of amides is 1. The summed E-state index contributed by atoms with van der Waals surface area (Å²) in [5.74, 6) is 1.03. The lowest BCUT2D eigenvalue weighted by Crippen LogP contribution is -2.24. The van der Waals surface area contributed by atoms with E-state index >= 15 is 0 Å². The van der Waals surface area contributed by atoms with Crippen molar-refractivity contribution in [2.45, 2.75) is 26.2 Å². The highest BCUT2D eigenvalue weighted by molar-refractivity contribution is 7.18. The highest BCUT2D eigenvalue weighted by Gasteiger charge is 2.21. The molecule has 0 saturated heterocycles. The van der Waals surface area contributed by atoms with Crippen molar-refractivity contribution < 1.29 is 4.79 Å². The Bertz CT molecular complexity index is 400. The fraction of sp³-hybridized carbons (Fsp3) is 0.636. The first-order valence-corrected chi connectivity index (χ1v) is 6.80. The van der Waals surface area contributed by atoms with Crippen LogP contribution < -0.4 is 16.4 Å². The van der Waals surface area contributed by atoms with Gasteiger partial charge in [-0.3, -0.25) is 4.79 Å². The van der Waals surface area contributed by atoms with E-state index in [1.807, 2.05) is 6.92 Å². The third kappa shape index (κ3) is 3.33. The number of carbonyl (C=O) groups excluding carboxylic acids is 1. The first kappa shape index (κ1) is 12.2. The molecule has 1 saturated carbocycles. The zero-order valence-electron chi connectivity index (χ0n) is 9.95. The van der Waals surface area contributed by atoms with Crippen molar-refractivity contribution in [3.05, 3.63) is 4.88 Å². The SMILES string of the molecule is CCNc1nc(N)c(C(=O)NCCC2CC2)s1.